The van der Waals surface area contributed by atoms with Gasteiger partial charge in [-0.15, -0.1) is 0 Å². The summed E-state index contributed by atoms with van der Waals surface area (Å²) in [5, 5.41) is 9.00. The number of hydrogen-bond donors (Lipinski definition) is 1. The standard InChI is InChI=1S/C16H33NO2/c1-7-16(6,10-11-17(8-2)9-3)13-15(4,5)12-14(18)19/h7-13H2,1-6H3,(H,18,19). The van der Waals surface area contributed by atoms with E-state index in [4.69, 9.17) is 5.11 Å². The van der Waals surface area contributed by atoms with Gasteiger partial charge in [-0.25, -0.2) is 0 Å². The van der Waals surface area contributed by atoms with Gasteiger partial charge in [0.05, 0.1) is 6.42 Å². The molecule has 0 aromatic heterocycles. The normalized spacial score (nSPS) is 15.5. The molecule has 0 aromatic rings. The zero-order chi connectivity index (χ0) is 15.1. The number of rotatable bonds is 10. The molecule has 0 heterocycles. The van der Waals surface area contributed by atoms with E-state index in [1.54, 1.807) is 0 Å². The number of carboxylic acids is 1. The molecule has 3 nitrogen and oxygen atoms in total. The number of nitrogens with zero attached hydrogens (tertiary/aromatic N) is 1. The van der Waals surface area contributed by atoms with Gasteiger partial charge in [0.25, 0.3) is 0 Å². The summed E-state index contributed by atoms with van der Waals surface area (Å²) in [6.45, 7) is 16.4. The van der Waals surface area contributed by atoms with Gasteiger partial charge in [0.1, 0.15) is 0 Å². The molecule has 3 heteroatoms. The Morgan fingerprint density at radius 2 is 1.63 bits per heavy atom. The fourth-order valence-corrected chi connectivity index (χ4v) is 2.99. The van der Waals surface area contributed by atoms with Crippen LogP contribution in [0.25, 0.3) is 0 Å². The second-order valence-corrected chi connectivity index (χ2v) is 6.85. The lowest BCUT2D eigenvalue weighted by Gasteiger charge is -2.37. The fraction of sp³-hybridized carbons (Fsp3) is 0.938. The Morgan fingerprint density at radius 3 is 2.00 bits per heavy atom. The maximum Gasteiger partial charge on any atom is 0.303 e. The Hall–Kier alpha value is -0.570. The van der Waals surface area contributed by atoms with Crippen molar-refractivity contribution >= 4 is 5.97 Å². The molecule has 0 aliphatic rings. The van der Waals surface area contributed by atoms with Crippen molar-refractivity contribution < 1.29 is 9.90 Å². The van der Waals surface area contributed by atoms with Crippen LogP contribution in [0.4, 0.5) is 0 Å². The molecule has 1 atom stereocenters. The third-order valence-corrected chi connectivity index (χ3v) is 4.31. The molecule has 0 fully saturated rings. The van der Waals surface area contributed by atoms with E-state index in [0.717, 1.165) is 38.9 Å². The number of carbonyl (C=O) groups is 1. The van der Waals surface area contributed by atoms with Gasteiger partial charge in [-0.2, -0.15) is 0 Å². The Morgan fingerprint density at radius 1 is 1.11 bits per heavy atom. The average molecular weight is 271 g/mol. The molecule has 0 saturated heterocycles. The minimum atomic E-state index is -0.688. The molecule has 0 aromatic carbocycles. The van der Waals surface area contributed by atoms with Gasteiger partial charge in [-0.05, 0) is 43.3 Å². The maximum absolute atomic E-state index is 10.9. The highest BCUT2D eigenvalue weighted by molar-refractivity contribution is 5.67. The maximum atomic E-state index is 10.9. The zero-order valence-electron chi connectivity index (χ0n) is 13.8. The summed E-state index contributed by atoms with van der Waals surface area (Å²) < 4.78 is 0. The molecule has 19 heavy (non-hydrogen) atoms. The third kappa shape index (κ3) is 7.56. The van der Waals surface area contributed by atoms with Gasteiger partial charge < -0.3 is 10.0 Å². The highest BCUT2D eigenvalue weighted by Gasteiger charge is 2.32. The third-order valence-electron chi connectivity index (χ3n) is 4.31. The van der Waals surface area contributed by atoms with E-state index in [2.05, 4.69) is 46.4 Å². The minimum absolute atomic E-state index is 0.125. The smallest absolute Gasteiger partial charge is 0.303 e. The molecule has 0 spiro atoms. The second kappa shape index (κ2) is 7.88. The van der Waals surface area contributed by atoms with Crippen molar-refractivity contribution in [3.63, 3.8) is 0 Å². The van der Waals surface area contributed by atoms with Crippen molar-refractivity contribution in [1.29, 1.82) is 0 Å². The molecular weight excluding hydrogens is 238 g/mol. The van der Waals surface area contributed by atoms with Gasteiger partial charge in [0, 0.05) is 0 Å². The van der Waals surface area contributed by atoms with Crippen molar-refractivity contribution in [3.8, 4) is 0 Å². The molecule has 1 N–H and O–H groups in total. The Kier molecular flexibility index (Phi) is 7.65. The monoisotopic (exact) mass is 271 g/mol. The quantitative estimate of drug-likeness (QED) is 0.652. The molecular formula is C16H33NO2. The van der Waals surface area contributed by atoms with E-state index in [1.807, 2.05) is 0 Å². The largest absolute Gasteiger partial charge is 0.481 e. The van der Waals surface area contributed by atoms with E-state index >= 15 is 0 Å². The molecule has 0 aliphatic heterocycles. The highest BCUT2D eigenvalue weighted by atomic mass is 16.4. The first-order chi connectivity index (χ1) is 8.68. The van der Waals surface area contributed by atoms with Crippen molar-refractivity contribution in [2.45, 2.75) is 67.2 Å². The predicted molar refractivity (Wildman–Crippen MR) is 81.5 cm³/mol. The van der Waals surface area contributed by atoms with Gasteiger partial charge >= 0.3 is 5.97 Å². The van der Waals surface area contributed by atoms with Gasteiger partial charge in [-0.1, -0.05) is 48.0 Å². The summed E-state index contributed by atoms with van der Waals surface area (Å²) >= 11 is 0. The van der Waals surface area contributed by atoms with Crippen LogP contribution in [0, 0.1) is 10.8 Å². The van der Waals surface area contributed by atoms with E-state index in [0.29, 0.717) is 0 Å². The predicted octanol–water partition coefficient (Wildman–Crippen LogP) is 4.03. The van der Waals surface area contributed by atoms with Gasteiger partial charge in [0.2, 0.25) is 0 Å². The van der Waals surface area contributed by atoms with Crippen LogP contribution in [-0.4, -0.2) is 35.6 Å². The van der Waals surface area contributed by atoms with E-state index < -0.39 is 5.97 Å². The molecule has 0 aliphatic carbocycles. The first kappa shape index (κ1) is 18.4. The van der Waals surface area contributed by atoms with E-state index in [1.165, 1.54) is 0 Å². The molecule has 0 bridgehead atoms. The highest BCUT2D eigenvalue weighted by Crippen LogP contribution is 2.41. The SMILES string of the molecule is CCN(CC)CCC(C)(CC)CC(C)(C)CC(=O)O. The molecule has 0 amide bonds. The number of aliphatic carboxylic acids is 1. The Bertz CT molecular complexity index is 272. The topological polar surface area (TPSA) is 40.5 Å². The lowest BCUT2D eigenvalue weighted by Crippen LogP contribution is -2.32. The summed E-state index contributed by atoms with van der Waals surface area (Å²) in [7, 11) is 0. The van der Waals surface area contributed by atoms with Crippen LogP contribution in [0.2, 0.25) is 0 Å². The molecule has 0 radical (unpaired) electrons. The Balaban J connectivity index is 4.55. The van der Waals surface area contributed by atoms with Crippen LogP contribution in [0.3, 0.4) is 0 Å². The minimum Gasteiger partial charge on any atom is -0.481 e. The lowest BCUT2D eigenvalue weighted by molar-refractivity contribution is -0.139. The molecule has 0 rings (SSSR count). The summed E-state index contributed by atoms with van der Waals surface area (Å²) in [5.41, 5.74) is 0.112. The summed E-state index contributed by atoms with van der Waals surface area (Å²) in [5.74, 6) is -0.688. The van der Waals surface area contributed by atoms with Crippen molar-refractivity contribution in [2.24, 2.45) is 10.8 Å². The average Bonchev–Trinajstić information content (AvgIpc) is 2.27. The Labute approximate surface area is 119 Å². The second-order valence-electron chi connectivity index (χ2n) is 6.85. The van der Waals surface area contributed by atoms with Gasteiger partial charge in [-0.3, -0.25) is 4.79 Å². The summed E-state index contributed by atoms with van der Waals surface area (Å²) in [6, 6.07) is 0. The molecule has 1 unspecified atom stereocenters. The zero-order valence-corrected chi connectivity index (χ0v) is 13.8. The first-order valence-electron chi connectivity index (χ1n) is 7.62. The molecule has 0 saturated carbocycles. The van der Waals surface area contributed by atoms with Crippen LogP contribution >= 0.6 is 0 Å². The van der Waals surface area contributed by atoms with Crippen LogP contribution in [0.5, 0.6) is 0 Å². The van der Waals surface area contributed by atoms with Crippen molar-refractivity contribution in [1.82, 2.24) is 4.90 Å². The van der Waals surface area contributed by atoms with E-state index in [9.17, 15) is 4.79 Å². The van der Waals surface area contributed by atoms with Gasteiger partial charge in [0.15, 0.2) is 0 Å². The first-order valence-corrected chi connectivity index (χ1v) is 7.62. The van der Waals surface area contributed by atoms with Crippen LogP contribution in [0.1, 0.15) is 67.2 Å². The summed E-state index contributed by atoms with van der Waals surface area (Å²) in [4.78, 5) is 13.4. The number of hydrogen-bond acceptors (Lipinski definition) is 2. The van der Waals surface area contributed by atoms with Crippen molar-refractivity contribution in [3.05, 3.63) is 0 Å². The number of carboxylic acid groups (broad SMARTS) is 1. The van der Waals surface area contributed by atoms with Crippen molar-refractivity contribution in [2.75, 3.05) is 19.6 Å². The lowest BCUT2D eigenvalue weighted by atomic mass is 9.69. The summed E-state index contributed by atoms with van der Waals surface area (Å²) in [6.07, 6.45) is 3.49. The molecule has 114 valence electrons. The fourth-order valence-electron chi connectivity index (χ4n) is 2.99. The van der Waals surface area contributed by atoms with Crippen LogP contribution in [-0.2, 0) is 4.79 Å². The van der Waals surface area contributed by atoms with Crippen LogP contribution in [0.15, 0.2) is 0 Å². The van der Waals surface area contributed by atoms with Crippen LogP contribution < -0.4 is 0 Å². The van der Waals surface area contributed by atoms with E-state index in [-0.39, 0.29) is 17.3 Å².